The number of allylic oxidation sites excluding steroid dienone is 2. The zero-order chi connectivity index (χ0) is 27.5. The van der Waals surface area contributed by atoms with Crippen LogP contribution >= 0.6 is 15.9 Å². The first-order valence-corrected chi connectivity index (χ1v) is 13.6. The van der Waals surface area contributed by atoms with Gasteiger partial charge in [-0.05, 0) is 30.3 Å². The number of fused-ring (bicyclic) bond motifs is 4. The number of hydrogen-bond acceptors (Lipinski definition) is 7. The SMILES string of the molecule is O=C(C1=C[C@@H]2[C@@H]3C(=O)N(c4ccc5c(c4)OCO5)C(=O)[C@H]3[C@@H](C(=O)c3ccc(Br)cc3)N2C=C1)c1ccccc1. The summed E-state index contributed by atoms with van der Waals surface area (Å²) >= 11 is 3.39. The van der Waals surface area contributed by atoms with Crippen LogP contribution in [0.3, 0.4) is 0 Å². The van der Waals surface area contributed by atoms with Gasteiger partial charge in [-0.1, -0.05) is 64.5 Å². The van der Waals surface area contributed by atoms with Crippen molar-refractivity contribution >= 4 is 45.0 Å². The fourth-order valence-corrected chi connectivity index (χ4v) is 6.28. The summed E-state index contributed by atoms with van der Waals surface area (Å²) in [7, 11) is 0. The molecule has 2 amide bonds. The van der Waals surface area contributed by atoms with Gasteiger partial charge in [0.1, 0.15) is 6.04 Å². The average molecular weight is 597 g/mol. The van der Waals surface area contributed by atoms with Crippen LogP contribution in [0.5, 0.6) is 11.5 Å². The Morgan fingerprint density at radius 2 is 1.55 bits per heavy atom. The van der Waals surface area contributed by atoms with E-state index in [0.717, 1.165) is 9.37 Å². The molecule has 2 fully saturated rings. The first kappa shape index (κ1) is 24.5. The highest BCUT2D eigenvalue weighted by atomic mass is 79.9. The van der Waals surface area contributed by atoms with Crippen molar-refractivity contribution in [2.24, 2.45) is 11.8 Å². The number of amides is 2. The molecule has 0 unspecified atom stereocenters. The van der Waals surface area contributed by atoms with Crippen LogP contribution in [0.1, 0.15) is 20.7 Å². The van der Waals surface area contributed by atoms with Crippen molar-refractivity contribution in [2.45, 2.75) is 12.1 Å². The number of anilines is 1. The highest BCUT2D eigenvalue weighted by molar-refractivity contribution is 9.10. The lowest BCUT2D eigenvalue weighted by molar-refractivity contribution is -0.123. The Bertz CT molecular complexity index is 1650. The van der Waals surface area contributed by atoms with E-state index in [-0.39, 0.29) is 18.4 Å². The van der Waals surface area contributed by atoms with E-state index in [1.165, 1.54) is 0 Å². The number of halogens is 1. The van der Waals surface area contributed by atoms with Gasteiger partial charge in [-0.25, -0.2) is 4.90 Å². The number of benzene rings is 3. The lowest BCUT2D eigenvalue weighted by Crippen LogP contribution is -2.46. The lowest BCUT2D eigenvalue weighted by atomic mass is 9.85. The number of hydrogen-bond donors (Lipinski definition) is 0. The maximum absolute atomic E-state index is 14.0. The number of carbonyl (C=O) groups is 4. The standard InChI is InChI=1S/C31H21BrN2O6/c32-20-8-6-18(7-9-20)29(36)27-26-25(22-14-19(12-13-33(22)27)28(35)17-4-2-1-3-5-17)30(37)34(31(26)38)21-10-11-23-24(15-21)40-16-39-23/h1-15,22,25-27H,16H2/t22-,25+,26-,27+/m1/s1. The summed E-state index contributed by atoms with van der Waals surface area (Å²) < 4.78 is 11.7. The number of ether oxygens (including phenoxy) is 2. The third-order valence-electron chi connectivity index (χ3n) is 7.86. The second-order valence-electron chi connectivity index (χ2n) is 9.99. The zero-order valence-electron chi connectivity index (χ0n) is 20.9. The van der Waals surface area contributed by atoms with Crippen molar-refractivity contribution in [3.8, 4) is 11.5 Å². The number of imide groups is 1. The second-order valence-corrected chi connectivity index (χ2v) is 10.9. The molecule has 4 aliphatic heterocycles. The summed E-state index contributed by atoms with van der Waals surface area (Å²) in [6.07, 6.45) is 5.04. The van der Waals surface area contributed by atoms with E-state index in [1.807, 2.05) is 6.07 Å². The van der Waals surface area contributed by atoms with Gasteiger partial charge in [0.05, 0.1) is 23.6 Å². The molecule has 4 heterocycles. The first-order chi connectivity index (χ1) is 19.4. The Hall–Kier alpha value is -4.50. The summed E-state index contributed by atoms with van der Waals surface area (Å²) in [6, 6.07) is 19.1. The van der Waals surface area contributed by atoms with Crippen LogP contribution in [0, 0.1) is 11.8 Å². The summed E-state index contributed by atoms with van der Waals surface area (Å²) in [5.41, 5.74) is 1.70. The molecule has 0 aromatic heterocycles. The molecule has 0 spiro atoms. The summed E-state index contributed by atoms with van der Waals surface area (Å²) in [5.74, 6) is -2.17. The number of nitrogens with zero attached hydrogens (tertiary/aromatic N) is 2. The van der Waals surface area contributed by atoms with E-state index in [2.05, 4.69) is 15.9 Å². The smallest absolute Gasteiger partial charge is 0.240 e. The van der Waals surface area contributed by atoms with Crippen molar-refractivity contribution in [1.82, 2.24) is 4.90 Å². The van der Waals surface area contributed by atoms with E-state index in [1.54, 1.807) is 90.0 Å². The molecular formula is C31H21BrN2O6. The van der Waals surface area contributed by atoms with Crippen LogP contribution < -0.4 is 14.4 Å². The predicted octanol–water partition coefficient (Wildman–Crippen LogP) is 4.56. The van der Waals surface area contributed by atoms with Crippen molar-refractivity contribution in [1.29, 1.82) is 0 Å². The molecule has 7 rings (SSSR count). The Labute approximate surface area is 237 Å². The van der Waals surface area contributed by atoms with Crippen molar-refractivity contribution in [3.05, 3.63) is 112 Å². The Balaban J connectivity index is 1.30. The maximum Gasteiger partial charge on any atom is 0.240 e. The highest BCUT2D eigenvalue weighted by Gasteiger charge is 2.63. The summed E-state index contributed by atoms with van der Waals surface area (Å²) in [6.45, 7) is 0.0576. The van der Waals surface area contributed by atoms with E-state index in [9.17, 15) is 19.2 Å². The molecule has 0 N–H and O–H groups in total. The van der Waals surface area contributed by atoms with Gasteiger partial charge in [0.25, 0.3) is 0 Å². The van der Waals surface area contributed by atoms with Gasteiger partial charge in [-0.2, -0.15) is 0 Å². The van der Waals surface area contributed by atoms with Gasteiger partial charge < -0.3 is 14.4 Å². The van der Waals surface area contributed by atoms with Gasteiger partial charge in [0, 0.05) is 33.4 Å². The Morgan fingerprint density at radius 1 is 0.825 bits per heavy atom. The molecule has 3 aromatic rings. The third kappa shape index (κ3) is 3.72. The summed E-state index contributed by atoms with van der Waals surface area (Å²) in [5, 5.41) is 0. The van der Waals surface area contributed by atoms with Crippen LogP contribution in [0.15, 0.2) is 101 Å². The molecule has 3 aromatic carbocycles. The fraction of sp³-hybridized carbons (Fsp3) is 0.161. The minimum Gasteiger partial charge on any atom is -0.454 e. The molecule has 0 aliphatic carbocycles. The van der Waals surface area contributed by atoms with Crippen LogP contribution in [0.2, 0.25) is 0 Å². The van der Waals surface area contributed by atoms with Crippen LogP contribution in [0.4, 0.5) is 5.69 Å². The minimum absolute atomic E-state index is 0.0576. The number of Topliss-reactive ketones (excluding diaryl/α,β-unsaturated/α-hetero) is 2. The number of rotatable bonds is 5. The molecule has 0 radical (unpaired) electrons. The van der Waals surface area contributed by atoms with Crippen LogP contribution in [-0.2, 0) is 9.59 Å². The molecule has 9 heteroatoms. The average Bonchev–Trinajstić information content (AvgIpc) is 3.65. The fourth-order valence-electron chi connectivity index (χ4n) is 6.02. The molecule has 198 valence electrons. The molecular weight excluding hydrogens is 576 g/mol. The zero-order valence-corrected chi connectivity index (χ0v) is 22.5. The molecule has 4 aliphatic rings. The largest absolute Gasteiger partial charge is 0.454 e. The quantitative estimate of drug-likeness (QED) is 0.315. The Morgan fingerprint density at radius 3 is 2.33 bits per heavy atom. The minimum atomic E-state index is -0.939. The first-order valence-electron chi connectivity index (χ1n) is 12.8. The van der Waals surface area contributed by atoms with Crippen molar-refractivity contribution in [2.75, 3.05) is 11.7 Å². The monoisotopic (exact) mass is 596 g/mol. The predicted molar refractivity (Wildman–Crippen MR) is 148 cm³/mol. The van der Waals surface area contributed by atoms with Gasteiger partial charge in [-0.3, -0.25) is 19.2 Å². The maximum atomic E-state index is 14.0. The van der Waals surface area contributed by atoms with E-state index in [0.29, 0.717) is 33.9 Å². The summed E-state index contributed by atoms with van der Waals surface area (Å²) in [4.78, 5) is 58.1. The van der Waals surface area contributed by atoms with E-state index in [4.69, 9.17) is 9.47 Å². The van der Waals surface area contributed by atoms with E-state index < -0.39 is 35.7 Å². The van der Waals surface area contributed by atoms with Crippen LogP contribution in [-0.4, -0.2) is 47.2 Å². The third-order valence-corrected chi connectivity index (χ3v) is 8.39. The van der Waals surface area contributed by atoms with Crippen LogP contribution in [0.25, 0.3) is 0 Å². The van der Waals surface area contributed by atoms with Gasteiger partial charge >= 0.3 is 0 Å². The van der Waals surface area contributed by atoms with E-state index >= 15 is 0 Å². The number of carbonyl (C=O) groups excluding carboxylic acids is 4. The second kappa shape index (κ2) is 9.31. The highest BCUT2D eigenvalue weighted by Crippen LogP contribution is 2.48. The molecule has 40 heavy (non-hydrogen) atoms. The molecule has 8 nitrogen and oxygen atoms in total. The number of ketones is 2. The topological polar surface area (TPSA) is 93.2 Å². The van der Waals surface area contributed by atoms with Gasteiger partial charge in [-0.15, -0.1) is 0 Å². The molecule has 2 saturated heterocycles. The lowest BCUT2D eigenvalue weighted by Gasteiger charge is -2.32. The molecule has 4 atom stereocenters. The normalized spacial score (nSPS) is 24.2. The molecule has 0 saturated carbocycles. The van der Waals surface area contributed by atoms with Gasteiger partial charge in [0.15, 0.2) is 23.1 Å². The van der Waals surface area contributed by atoms with Gasteiger partial charge in [0.2, 0.25) is 18.6 Å². The Kier molecular flexibility index (Phi) is 5.71. The van der Waals surface area contributed by atoms with Crippen molar-refractivity contribution in [3.63, 3.8) is 0 Å². The van der Waals surface area contributed by atoms with Crippen molar-refractivity contribution < 1.29 is 28.7 Å². The molecule has 0 bridgehead atoms.